The summed E-state index contributed by atoms with van der Waals surface area (Å²) in [6, 6.07) is 31.9. The van der Waals surface area contributed by atoms with Crippen molar-refractivity contribution in [3.63, 3.8) is 0 Å². The number of nitrogens with zero attached hydrogens (tertiary/aromatic N) is 2. The monoisotopic (exact) mass is 456 g/mol. The van der Waals surface area contributed by atoms with E-state index in [0.717, 1.165) is 21.2 Å². The van der Waals surface area contributed by atoms with Crippen LogP contribution in [-0.2, 0) is 4.79 Å². The molecule has 5 heteroatoms. The summed E-state index contributed by atoms with van der Waals surface area (Å²) in [5.74, 6) is 1.08. The molecule has 0 N–H and O–H groups in total. The van der Waals surface area contributed by atoms with E-state index in [0.29, 0.717) is 11.5 Å². The molecular weight excluding hydrogens is 432 g/mol. The molecule has 2 heterocycles. The number of thioether (sulfide) groups is 2. The minimum Gasteiger partial charge on any atom is -0.298 e. The van der Waals surface area contributed by atoms with Crippen molar-refractivity contribution < 1.29 is 4.79 Å². The Labute approximate surface area is 197 Å². The van der Waals surface area contributed by atoms with Crippen LogP contribution in [0.1, 0.15) is 23.0 Å². The third kappa shape index (κ3) is 6.09. The second-order valence-corrected chi connectivity index (χ2v) is 9.37. The molecule has 0 saturated carbocycles. The molecule has 0 aliphatic heterocycles. The minimum absolute atomic E-state index is 0.224. The van der Waals surface area contributed by atoms with E-state index in [2.05, 4.69) is 34.2 Å². The van der Waals surface area contributed by atoms with Crippen LogP contribution in [0.4, 0.5) is 0 Å². The number of rotatable bonds is 10. The Balaban J connectivity index is 1.60. The molecule has 0 amide bonds. The number of hydrogen-bond acceptors (Lipinski definition) is 5. The van der Waals surface area contributed by atoms with Gasteiger partial charge in [-0.3, -0.25) is 4.79 Å². The van der Waals surface area contributed by atoms with Crippen LogP contribution in [0.15, 0.2) is 120 Å². The van der Waals surface area contributed by atoms with E-state index in [1.54, 1.807) is 35.9 Å². The van der Waals surface area contributed by atoms with E-state index >= 15 is 0 Å². The van der Waals surface area contributed by atoms with Gasteiger partial charge >= 0.3 is 0 Å². The minimum atomic E-state index is -0.224. The lowest BCUT2D eigenvalue weighted by Crippen LogP contribution is -2.24. The van der Waals surface area contributed by atoms with Gasteiger partial charge in [0, 0.05) is 23.9 Å². The third-order valence-electron chi connectivity index (χ3n) is 5.16. The molecule has 0 fully saturated rings. The first-order chi connectivity index (χ1) is 15.8. The summed E-state index contributed by atoms with van der Waals surface area (Å²) < 4.78 is 0. The number of carbonyl (C=O) groups excluding carboxylic acids is 1. The maximum atomic E-state index is 14.0. The first-order valence-electron chi connectivity index (χ1n) is 10.5. The molecule has 3 nitrogen and oxygen atoms in total. The zero-order chi connectivity index (χ0) is 22.0. The van der Waals surface area contributed by atoms with Crippen molar-refractivity contribution in [3.05, 3.63) is 121 Å². The number of pyridine rings is 2. The second-order valence-electron chi connectivity index (χ2n) is 7.29. The van der Waals surface area contributed by atoms with Gasteiger partial charge in [0.2, 0.25) is 0 Å². The van der Waals surface area contributed by atoms with E-state index < -0.39 is 0 Å². The molecule has 0 radical (unpaired) electrons. The van der Waals surface area contributed by atoms with Gasteiger partial charge in [-0.1, -0.05) is 72.8 Å². The molecule has 32 heavy (non-hydrogen) atoms. The Morgan fingerprint density at radius 1 is 0.594 bits per heavy atom. The fourth-order valence-electron chi connectivity index (χ4n) is 3.50. The van der Waals surface area contributed by atoms with Crippen molar-refractivity contribution in [1.82, 2.24) is 9.97 Å². The fraction of sp³-hybridized carbons (Fsp3) is 0.148. The summed E-state index contributed by atoms with van der Waals surface area (Å²) in [5, 5.41) is 1.86. The zero-order valence-electron chi connectivity index (χ0n) is 17.6. The summed E-state index contributed by atoms with van der Waals surface area (Å²) in [6.07, 6.45) is 3.58. The predicted molar refractivity (Wildman–Crippen MR) is 133 cm³/mol. The van der Waals surface area contributed by atoms with Gasteiger partial charge in [0.1, 0.15) is 5.78 Å². The lowest BCUT2D eigenvalue weighted by atomic mass is 9.85. The molecule has 4 aromatic rings. The van der Waals surface area contributed by atoms with Crippen LogP contribution in [0.3, 0.4) is 0 Å². The molecule has 2 unspecified atom stereocenters. The van der Waals surface area contributed by atoms with E-state index in [1.807, 2.05) is 72.8 Å². The van der Waals surface area contributed by atoms with Gasteiger partial charge in [-0.2, -0.15) is 0 Å². The van der Waals surface area contributed by atoms with Gasteiger partial charge in [0.25, 0.3) is 0 Å². The molecule has 2 aromatic heterocycles. The smallest absolute Gasteiger partial charge is 0.149 e. The summed E-state index contributed by atoms with van der Waals surface area (Å²) >= 11 is 3.26. The molecule has 0 aliphatic carbocycles. The largest absolute Gasteiger partial charge is 0.298 e. The Bertz CT molecular complexity index is 1000. The highest BCUT2D eigenvalue weighted by atomic mass is 32.2. The van der Waals surface area contributed by atoms with Crippen molar-refractivity contribution >= 4 is 29.3 Å². The van der Waals surface area contributed by atoms with Gasteiger partial charge in [0.15, 0.2) is 0 Å². The van der Waals surface area contributed by atoms with Gasteiger partial charge in [-0.25, -0.2) is 9.97 Å². The van der Waals surface area contributed by atoms with Crippen LogP contribution in [0, 0.1) is 0 Å². The van der Waals surface area contributed by atoms with Crippen molar-refractivity contribution in [2.45, 2.75) is 21.9 Å². The number of ketones is 1. The second kappa shape index (κ2) is 11.7. The molecular formula is C27H24N2OS2. The highest BCUT2D eigenvalue weighted by Crippen LogP contribution is 2.34. The van der Waals surface area contributed by atoms with Gasteiger partial charge in [0.05, 0.1) is 21.9 Å². The first kappa shape index (κ1) is 22.3. The molecule has 0 saturated heterocycles. The number of aromatic nitrogens is 2. The van der Waals surface area contributed by atoms with Crippen LogP contribution in [-0.4, -0.2) is 27.3 Å². The van der Waals surface area contributed by atoms with Gasteiger partial charge in [-0.15, -0.1) is 23.5 Å². The number of Topliss-reactive ketones (excluding diaryl/α,β-unsaturated/α-hetero) is 1. The predicted octanol–water partition coefficient (Wildman–Crippen LogP) is 6.50. The van der Waals surface area contributed by atoms with E-state index in [4.69, 9.17) is 0 Å². The number of benzene rings is 2. The van der Waals surface area contributed by atoms with Crippen LogP contribution < -0.4 is 0 Å². The summed E-state index contributed by atoms with van der Waals surface area (Å²) in [7, 11) is 0. The van der Waals surface area contributed by atoms with E-state index in [-0.39, 0.29) is 17.6 Å². The molecule has 4 rings (SSSR count). The molecule has 2 atom stereocenters. The van der Waals surface area contributed by atoms with E-state index in [9.17, 15) is 4.79 Å². The van der Waals surface area contributed by atoms with Crippen molar-refractivity contribution in [3.8, 4) is 0 Å². The van der Waals surface area contributed by atoms with Crippen LogP contribution in [0.25, 0.3) is 0 Å². The lowest BCUT2D eigenvalue weighted by molar-refractivity contribution is -0.121. The quantitative estimate of drug-likeness (QED) is 0.255. The highest BCUT2D eigenvalue weighted by Gasteiger charge is 2.30. The Kier molecular flexibility index (Phi) is 8.12. The van der Waals surface area contributed by atoms with Gasteiger partial charge < -0.3 is 0 Å². The average molecular weight is 457 g/mol. The number of hydrogen-bond donors (Lipinski definition) is 0. The standard InChI is InChI=1S/C27H24N2OS2/c30-27(23(21-11-3-1-4-12-21)19-31-25-15-7-9-17-28-25)24(22-13-5-2-6-14-22)20-32-26-16-8-10-18-29-26/h1-18,23-24H,19-20H2. The van der Waals surface area contributed by atoms with E-state index in [1.165, 1.54) is 0 Å². The van der Waals surface area contributed by atoms with Crippen molar-refractivity contribution in [2.24, 2.45) is 0 Å². The molecule has 0 bridgehead atoms. The first-order valence-corrected chi connectivity index (χ1v) is 12.5. The summed E-state index contributed by atoms with van der Waals surface area (Å²) in [5.41, 5.74) is 2.09. The molecule has 2 aromatic carbocycles. The van der Waals surface area contributed by atoms with Gasteiger partial charge in [-0.05, 0) is 35.4 Å². The Morgan fingerprint density at radius 2 is 1.00 bits per heavy atom. The van der Waals surface area contributed by atoms with Crippen LogP contribution >= 0.6 is 23.5 Å². The van der Waals surface area contributed by atoms with Crippen molar-refractivity contribution in [2.75, 3.05) is 11.5 Å². The summed E-state index contributed by atoms with van der Waals surface area (Å²) in [6.45, 7) is 0. The topological polar surface area (TPSA) is 42.9 Å². The highest BCUT2D eigenvalue weighted by molar-refractivity contribution is 7.99. The average Bonchev–Trinajstić information content (AvgIpc) is 2.87. The number of carbonyl (C=O) groups is 1. The normalized spacial score (nSPS) is 12.8. The maximum Gasteiger partial charge on any atom is 0.149 e. The fourth-order valence-corrected chi connectivity index (χ4v) is 5.51. The summed E-state index contributed by atoms with van der Waals surface area (Å²) in [4.78, 5) is 22.9. The van der Waals surface area contributed by atoms with Crippen LogP contribution in [0.5, 0.6) is 0 Å². The Hall–Kier alpha value is -2.89. The lowest BCUT2D eigenvalue weighted by Gasteiger charge is -2.23. The maximum absolute atomic E-state index is 14.0. The molecule has 0 spiro atoms. The molecule has 160 valence electrons. The Morgan fingerprint density at radius 3 is 1.38 bits per heavy atom. The van der Waals surface area contributed by atoms with Crippen molar-refractivity contribution in [1.29, 1.82) is 0 Å². The zero-order valence-corrected chi connectivity index (χ0v) is 19.2. The SMILES string of the molecule is O=C(C(CSc1ccccn1)c1ccccc1)C(CSc1ccccn1)c1ccccc1. The van der Waals surface area contributed by atoms with Crippen LogP contribution in [0.2, 0.25) is 0 Å². The molecule has 0 aliphatic rings. The third-order valence-corrected chi connectivity index (χ3v) is 7.24.